The van der Waals surface area contributed by atoms with Crippen molar-refractivity contribution >= 4 is 17.4 Å². The van der Waals surface area contributed by atoms with E-state index in [-0.39, 0.29) is 5.28 Å². The highest BCUT2D eigenvalue weighted by Gasteiger charge is 2.10. The van der Waals surface area contributed by atoms with Crippen LogP contribution in [-0.4, -0.2) is 23.7 Å². The van der Waals surface area contributed by atoms with Crippen molar-refractivity contribution in [3.8, 4) is 5.88 Å². The van der Waals surface area contributed by atoms with E-state index in [4.69, 9.17) is 21.1 Å². The first-order valence-electron chi connectivity index (χ1n) is 4.07. The van der Waals surface area contributed by atoms with Crippen LogP contribution in [0.4, 0.5) is 0 Å². The summed E-state index contributed by atoms with van der Waals surface area (Å²) in [6, 6.07) is 0. The molecule has 0 aliphatic carbocycles. The van der Waals surface area contributed by atoms with E-state index in [2.05, 4.69) is 16.5 Å². The van der Waals surface area contributed by atoms with Crippen LogP contribution in [0.1, 0.15) is 12.5 Å². The minimum absolute atomic E-state index is 0.134. The van der Waals surface area contributed by atoms with Gasteiger partial charge in [-0.25, -0.2) is 4.98 Å². The van der Waals surface area contributed by atoms with E-state index in [1.54, 1.807) is 0 Å². The molecule has 0 bridgehead atoms. The normalized spacial score (nSPS) is 9.64. The van der Waals surface area contributed by atoms with Gasteiger partial charge in [-0.05, 0) is 18.5 Å². The van der Waals surface area contributed by atoms with Gasteiger partial charge in [-0.1, -0.05) is 6.58 Å². The van der Waals surface area contributed by atoms with Crippen LogP contribution in [-0.2, 0) is 4.74 Å². The van der Waals surface area contributed by atoms with E-state index in [0.717, 1.165) is 0 Å². The van der Waals surface area contributed by atoms with E-state index >= 15 is 0 Å². The Morgan fingerprint density at radius 1 is 1.64 bits per heavy atom. The quantitative estimate of drug-likeness (QED) is 0.569. The Morgan fingerprint density at radius 2 is 2.36 bits per heavy atom. The summed E-state index contributed by atoms with van der Waals surface area (Å²) in [7, 11) is 1.50. The summed E-state index contributed by atoms with van der Waals surface area (Å²) >= 11 is 5.60. The predicted molar refractivity (Wildman–Crippen MR) is 54.3 cm³/mol. The number of halogens is 1. The molecule has 0 spiro atoms. The number of aromatic nitrogens is 2. The third kappa shape index (κ3) is 2.35. The van der Waals surface area contributed by atoms with Crippen molar-refractivity contribution in [1.29, 1.82) is 0 Å². The maximum absolute atomic E-state index is 5.60. The monoisotopic (exact) mass is 214 g/mol. The van der Waals surface area contributed by atoms with E-state index in [1.807, 2.05) is 6.92 Å². The van der Waals surface area contributed by atoms with Crippen LogP contribution in [0.3, 0.4) is 0 Å². The molecule has 0 amide bonds. The Kier molecular flexibility index (Phi) is 3.71. The molecule has 0 saturated carbocycles. The second-order valence-corrected chi connectivity index (χ2v) is 2.76. The minimum Gasteiger partial charge on any atom is -0.494 e. The first-order valence-corrected chi connectivity index (χ1v) is 4.45. The molecule has 0 aliphatic rings. The molecule has 4 nitrogen and oxygen atoms in total. The topological polar surface area (TPSA) is 44.2 Å². The van der Waals surface area contributed by atoms with Crippen LogP contribution in [0.15, 0.2) is 12.8 Å². The number of rotatable bonds is 4. The molecule has 0 radical (unpaired) electrons. The van der Waals surface area contributed by atoms with Crippen molar-refractivity contribution in [2.75, 3.05) is 13.7 Å². The number of nitrogens with zero attached hydrogens (tertiary/aromatic N) is 2. The first-order chi connectivity index (χ1) is 6.69. The van der Waals surface area contributed by atoms with E-state index in [0.29, 0.717) is 23.8 Å². The van der Waals surface area contributed by atoms with Crippen LogP contribution in [0, 0.1) is 0 Å². The fourth-order valence-corrected chi connectivity index (χ4v) is 1.07. The van der Waals surface area contributed by atoms with Crippen LogP contribution < -0.4 is 4.74 Å². The standard InChI is InChI=1S/C9H11ClN2O2/c1-4-14-6(2)7-5-11-9(10)12-8(7)13-3/h5H,2,4H2,1,3H3. The molecule has 0 atom stereocenters. The highest BCUT2D eigenvalue weighted by Crippen LogP contribution is 2.23. The third-order valence-corrected chi connectivity index (χ3v) is 1.72. The molecular formula is C9H11ClN2O2. The summed E-state index contributed by atoms with van der Waals surface area (Å²) in [4.78, 5) is 7.71. The lowest BCUT2D eigenvalue weighted by molar-refractivity contribution is 0.295. The van der Waals surface area contributed by atoms with Crippen molar-refractivity contribution in [3.05, 3.63) is 23.6 Å². The number of methoxy groups -OCH3 is 1. The van der Waals surface area contributed by atoms with Crippen molar-refractivity contribution in [2.45, 2.75) is 6.92 Å². The van der Waals surface area contributed by atoms with Gasteiger partial charge in [0.2, 0.25) is 11.2 Å². The van der Waals surface area contributed by atoms with Gasteiger partial charge in [0.1, 0.15) is 5.76 Å². The van der Waals surface area contributed by atoms with Gasteiger partial charge < -0.3 is 9.47 Å². The summed E-state index contributed by atoms with van der Waals surface area (Å²) in [5.41, 5.74) is 0.610. The molecule has 1 rings (SSSR count). The predicted octanol–water partition coefficient (Wildman–Crippen LogP) is 2.15. The Bertz CT molecular complexity index is 342. The average molecular weight is 215 g/mol. The van der Waals surface area contributed by atoms with Crippen molar-refractivity contribution in [3.63, 3.8) is 0 Å². The van der Waals surface area contributed by atoms with Gasteiger partial charge in [-0.2, -0.15) is 4.98 Å². The number of ether oxygens (including phenoxy) is 2. The molecule has 0 N–H and O–H groups in total. The molecule has 0 fully saturated rings. The fraction of sp³-hybridized carbons (Fsp3) is 0.333. The molecule has 1 heterocycles. The maximum Gasteiger partial charge on any atom is 0.228 e. The Morgan fingerprint density at radius 3 is 2.93 bits per heavy atom. The van der Waals surface area contributed by atoms with Gasteiger partial charge in [0.25, 0.3) is 0 Å². The summed E-state index contributed by atoms with van der Waals surface area (Å²) in [6.45, 7) is 6.13. The lowest BCUT2D eigenvalue weighted by Gasteiger charge is -2.09. The highest BCUT2D eigenvalue weighted by molar-refractivity contribution is 6.28. The summed E-state index contributed by atoms with van der Waals surface area (Å²) in [5, 5.41) is 0.134. The van der Waals surface area contributed by atoms with Gasteiger partial charge in [0, 0.05) is 6.20 Å². The van der Waals surface area contributed by atoms with Gasteiger partial charge >= 0.3 is 0 Å². The second kappa shape index (κ2) is 4.81. The molecular weight excluding hydrogens is 204 g/mol. The summed E-state index contributed by atoms with van der Waals surface area (Å²) in [5.74, 6) is 0.837. The number of hydrogen-bond donors (Lipinski definition) is 0. The largest absolute Gasteiger partial charge is 0.494 e. The lowest BCUT2D eigenvalue weighted by Crippen LogP contribution is -1.98. The Hall–Kier alpha value is -1.29. The molecule has 1 aromatic heterocycles. The lowest BCUT2D eigenvalue weighted by atomic mass is 10.3. The van der Waals surface area contributed by atoms with E-state index in [1.165, 1.54) is 13.3 Å². The molecule has 14 heavy (non-hydrogen) atoms. The fourth-order valence-electron chi connectivity index (χ4n) is 0.945. The van der Waals surface area contributed by atoms with Crippen LogP contribution >= 0.6 is 11.6 Å². The Balaban J connectivity index is 3.01. The van der Waals surface area contributed by atoms with E-state index < -0.39 is 0 Å². The molecule has 0 saturated heterocycles. The zero-order valence-corrected chi connectivity index (χ0v) is 8.84. The van der Waals surface area contributed by atoms with Crippen LogP contribution in [0.25, 0.3) is 5.76 Å². The van der Waals surface area contributed by atoms with Crippen molar-refractivity contribution < 1.29 is 9.47 Å². The molecule has 0 aromatic carbocycles. The zero-order valence-electron chi connectivity index (χ0n) is 8.08. The van der Waals surface area contributed by atoms with Gasteiger partial charge in [-0.15, -0.1) is 0 Å². The molecule has 5 heteroatoms. The first kappa shape index (κ1) is 10.8. The van der Waals surface area contributed by atoms with Crippen molar-refractivity contribution in [1.82, 2.24) is 9.97 Å². The SMILES string of the molecule is C=C(OCC)c1cnc(Cl)nc1OC. The van der Waals surface area contributed by atoms with Gasteiger partial charge in [-0.3, -0.25) is 0 Å². The van der Waals surface area contributed by atoms with Crippen molar-refractivity contribution in [2.24, 2.45) is 0 Å². The minimum atomic E-state index is 0.134. The molecule has 1 aromatic rings. The van der Waals surface area contributed by atoms with E-state index in [9.17, 15) is 0 Å². The third-order valence-electron chi connectivity index (χ3n) is 1.54. The van der Waals surface area contributed by atoms with Gasteiger partial charge in [0.05, 0.1) is 19.3 Å². The smallest absolute Gasteiger partial charge is 0.228 e. The van der Waals surface area contributed by atoms with Crippen LogP contribution in [0.2, 0.25) is 5.28 Å². The Labute approximate surface area is 87.5 Å². The maximum atomic E-state index is 5.60. The second-order valence-electron chi connectivity index (χ2n) is 2.42. The molecule has 0 unspecified atom stereocenters. The summed E-state index contributed by atoms with van der Waals surface area (Å²) < 4.78 is 10.2. The summed E-state index contributed by atoms with van der Waals surface area (Å²) in [6.07, 6.45) is 1.52. The molecule has 76 valence electrons. The number of hydrogen-bond acceptors (Lipinski definition) is 4. The molecule has 0 aliphatic heterocycles. The highest BCUT2D eigenvalue weighted by atomic mass is 35.5. The van der Waals surface area contributed by atoms with Crippen LogP contribution in [0.5, 0.6) is 5.88 Å². The van der Waals surface area contributed by atoms with Gasteiger partial charge in [0.15, 0.2) is 0 Å². The average Bonchev–Trinajstić information content (AvgIpc) is 2.17. The zero-order chi connectivity index (χ0) is 10.6.